The maximum atomic E-state index is 13.4. The SMILES string of the molecule is N#C[B-](F)(C#N)c1c(F)c(F)c(F)c(F)c1F.[K+]. The molecule has 0 atom stereocenters. The van der Waals surface area contributed by atoms with Gasteiger partial charge in [0.25, 0.3) is 0 Å². The number of rotatable bonds is 1. The molecular formula is C8BF6KN2. The minimum absolute atomic E-state index is 0. The maximum absolute atomic E-state index is 13.4. The van der Waals surface area contributed by atoms with Gasteiger partial charge in [-0.15, -0.1) is 0 Å². The molecule has 0 aliphatic carbocycles. The summed E-state index contributed by atoms with van der Waals surface area (Å²) in [5.41, 5.74) is -2.05. The molecule has 0 unspecified atom stereocenters. The third-order valence-corrected chi connectivity index (χ3v) is 2.00. The molecular weight excluding hydrogens is 288 g/mol. The molecule has 0 fully saturated rings. The molecule has 0 N–H and O–H groups in total. The fourth-order valence-electron chi connectivity index (χ4n) is 1.13. The smallest absolute Gasteiger partial charge is 0.476 e. The second kappa shape index (κ2) is 6.08. The minimum atomic E-state index is -4.67. The second-order valence-corrected chi connectivity index (χ2v) is 3.00. The van der Waals surface area contributed by atoms with E-state index in [1.807, 2.05) is 0 Å². The van der Waals surface area contributed by atoms with Gasteiger partial charge in [-0.3, -0.25) is 0 Å². The first-order chi connectivity index (χ1) is 7.80. The summed E-state index contributed by atoms with van der Waals surface area (Å²) >= 11 is 0. The van der Waals surface area contributed by atoms with Crippen LogP contribution in [0.4, 0.5) is 26.3 Å². The number of benzene rings is 1. The molecule has 88 valence electrons. The van der Waals surface area contributed by atoms with Crippen molar-refractivity contribution in [1.29, 1.82) is 10.5 Å². The molecule has 0 aliphatic heterocycles. The van der Waals surface area contributed by atoms with Crippen LogP contribution in [0.15, 0.2) is 0 Å². The second-order valence-electron chi connectivity index (χ2n) is 3.00. The summed E-state index contributed by atoms with van der Waals surface area (Å²) in [5, 5.41) is 16.5. The third kappa shape index (κ3) is 2.58. The van der Waals surface area contributed by atoms with E-state index >= 15 is 0 Å². The Morgan fingerprint density at radius 3 is 1.28 bits per heavy atom. The fourth-order valence-corrected chi connectivity index (χ4v) is 1.13. The van der Waals surface area contributed by atoms with Crippen LogP contribution >= 0.6 is 0 Å². The van der Waals surface area contributed by atoms with E-state index in [2.05, 4.69) is 0 Å². The van der Waals surface area contributed by atoms with E-state index in [4.69, 9.17) is 10.5 Å². The molecule has 0 saturated carbocycles. The molecule has 18 heavy (non-hydrogen) atoms. The van der Waals surface area contributed by atoms with Gasteiger partial charge in [0.1, 0.15) is 11.6 Å². The van der Waals surface area contributed by atoms with Crippen LogP contribution in [0.5, 0.6) is 0 Å². The monoisotopic (exact) mass is 288 g/mol. The topological polar surface area (TPSA) is 47.6 Å². The van der Waals surface area contributed by atoms with Crippen LogP contribution in [-0.4, -0.2) is 6.42 Å². The number of halogens is 6. The van der Waals surface area contributed by atoms with E-state index < -0.39 is 41.0 Å². The number of hydrogen-bond donors (Lipinski definition) is 0. The van der Waals surface area contributed by atoms with Crippen molar-refractivity contribution in [3.8, 4) is 11.9 Å². The largest absolute Gasteiger partial charge is 1.00 e. The molecule has 0 spiro atoms. The zero-order valence-electron chi connectivity index (χ0n) is 8.74. The normalized spacial score (nSPS) is 10.2. The average Bonchev–Trinajstić information content (AvgIpc) is 2.33. The van der Waals surface area contributed by atoms with Crippen molar-refractivity contribution < 1.29 is 77.7 Å². The summed E-state index contributed by atoms with van der Waals surface area (Å²) < 4.78 is 77.4. The Bertz CT molecular complexity index is 535. The summed E-state index contributed by atoms with van der Waals surface area (Å²) in [7, 11) is 0. The van der Waals surface area contributed by atoms with Crippen LogP contribution in [0.1, 0.15) is 0 Å². The first kappa shape index (κ1) is 17.5. The summed E-state index contributed by atoms with van der Waals surface area (Å²) in [5.74, 6) is -11.2. The van der Waals surface area contributed by atoms with Crippen molar-refractivity contribution in [3.05, 3.63) is 29.1 Å². The zero-order valence-corrected chi connectivity index (χ0v) is 11.9. The Kier molecular flexibility index (Phi) is 5.91. The van der Waals surface area contributed by atoms with Crippen LogP contribution in [-0.2, 0) is 0 Å². The molecule has 10 heteroatoms. The molecule has 0 bridgehead atoms. The molecule has 2 nitrogen and oxygen atoms in total. The van der Waals surface area contributed by atoms with Gasteiger partial charge in [0.05, 0.1) is 0 Å². The van der Waals surface area contributed by atoms with Crippen molar-refractivity contribution >= 4 is 11.9 Å². The predicted molar refractivity (Wildman–Crippen MR) is 44.0 cm³/mol. The summed E-state index contributed by atoms with van der Waals surface area (Å²) in [6.07, 6.45) is -4.67. The molecule has 0 aromatic heterocycles. The molecule has 1 rings (SSSR count). The van der Waals surface area contributed by atoms with Gasteiger partial charge < -0.3 is 4.32 Å². The van der Waals surface area contributed by atoms with Crippen LogP contribution in [0.25, 0.3) is 0 Å². The molecule has 0 radical (unpaired) electrons. The van der Waals surface area contributed by atoms with E-state index in [9.17, 15) is 26.3 Å². The summed E-state index contributed by atoms with van der Waals surface area (Å²) in [6, 6.07) is 0. The fraction of sp³-hybridized carbons (Fsp3) is 0. The van der Waals surface area contributed by atoms with Gasteiger partial charge in [0.2, 0.25) is 0 Å². The van der Waals surface area contributed by atoms with Gasteiger partial charge in [-0.25, -0.2) is 32.5 Å². The molecule has 1 aromatic carbocycles. The number of hydrogen-bond acceptors (Lipinski definition) is 2. The van der Waals surface area contributed by atoms with Gasteiger partial charge >= 0.3 is 57.8 Å². The first-order valence-electron chi connectivity index (χ1n) is 3.98. The molecule has 0 amide bonds. The van der Waals surface area contributed by atoms with Crippen molar-refractivity contribution in [1.82, 2.24) is 0 Å². The van der Waals surface area contributed by atoms with Gasteiger partial charge in [0, 0.05) is 0 Å². The van der Waals surface area contributed by atoms with E-state index in [1.54, 1.807) is 0 Å². The standard InChI is InChI=1S/C8BF6N2.K/c10-4-3(9(15,1-16)2-17)5(11)7(13)8(14)6(4)12;/q-1;+1. The van der Waals surface area contributed by atoms with Crippen molar-refractivity contribution in [2.75, 3.05) is 0 Å². The first-order valence-corrected chi connectivity index (χ1v) is 3.98. The Labute approximate surface area is 140 Å². The third-order valence-electron chi connectivity index (χ3n) is 2.00. The zero-order chi connectivity index (χ0) is 13.4. The molecule has 0 saturated heterocycles. The van der Waals surface area contributed by atoms with E-state index in [1.165, 1.54) is 0 Å². The van der Waals surface area contributed by atoms with E-state index in [-0.39, 0.29) is 51.4 Å². The Morgan fingerprint density at radius 2 is 1.00 bits per heavy atom. The van der Waals surface area contributed by atoms with E-state index in [0.717, 1.165) is 0 Å². The quantitative estimate of drug-likeness (QED) is 0.277. The van der Waals surface area contributed by atoms with Gasteiger partial charge in [0.15, 0.2) is 17.5 Å². The van der Waals surface area contributed by atoms with Crippen molar-refractivity contribution in [3.63, 3.8) is 0 Å². The minimum Gasteiger partial charge on any atom is -0.476 e. The average molecular weight is 288 g/mol. The Morgan fingerprint density at radius 1 is 0.722 bits per heavy atom. The van der Waals surface area contributed by atoms with E-state index in [0.29, 0.717) is 11.9 Å². The Hall–Kier alpha value is -0.519. The summed E-state index contributed by atoms with van der Waals surface area (Å²) in [4.78, 5) is 0. The van der Waals surface area contributed by atoms with Crippen LogP contribution in [0.3, 0.4) is 0 Å². The molecule has 0 aliphatic rings. The summed E-state index contributed by atoms with van der Waals surface area (Å²) in [6.45, 7) is 0. The van der Waals surface area contributed by atoms with Crippen LogP contribution in [0, 0.1) is 51.5 Å². The predicted octanol–water partition coefficient (Wildman–Crippen LogP) is -1.37. The number of nitriles is 2. The Balaban J connectivity index is 0.00000289. The van der Waals surface area contributed by atoms with Gasteiger partial charge in [-0.05, 0) is 0 Å². The van der Waals surface area contributed by atoms with Crippen molar-refractivity contribution in [2.45, 2.75) is 0 Å². The van der Waals surface area contributed by atoms with Crippen LogP contribution < -0.4 is 56.8 Å². The van der Waals surface area contributed by atoms with Gasteiger partial charge in [-0.1, -0.05) is 17.4 Å². The number of nitrogens with zero attached hydrogens (tertiary/aromatic N) is 2. The van der Waals surface area contributed by atoms with Crippen LogP contribution in [0.2, 0.25) is 0 Å². The molecule has 0 heterocycles. The molecule has 1 aromatic rings. The maximum Gasteiger partial charge on any atom is 1.00 e. The van der Waals surface area contributed by atoms with Gasteiger partial charge in [-0.2, -0.15) is 0 Å². The van der Waals surface area contributed by atoms with Crippen molar-refractivity contribution in [2.24, 2.45) is 0 Å².